The number of carbonyl (C=O) groups excluding carboxylic acids is 1. The number of esters is 1. The molecule has 0 bridgehead atoms. The number of ether oxygens (including phenoxy) is 2. The van der Waals surface area contributed by atoms with Gasteiger partial charge in [-0.2, -0.15) is 0 Å². The summed E-state index contributed by atoms with van der Waals surface area (Å²) in [6.45, 7) is 21.3. The van der Waals surface area contributed by atoms with Crippen LogP contribution in [0.1, 0.15) is 176 Å². The predicted molar refractivity (Wildman–Crippen MR) is 292 cm³/mol. The van der Waals surface area contributed by atoms with Crippen LogP contribution in [-0.2, 0) is 47.9 Å². The van der Waals surface area contributed by atoms with Crippen LogP contribution in [0.15, 0.2) is 133 Å². The van der Waals surface area contributed by atoms with Crippen molar-refractivity contribution in [2.45, 2.75) is 154 Å². The van der Waals surface area contributed by atoms with Crippen molar-refractivity contribution in [2.75, 3.05) is 6.61 Å². The average Bonchev–Trinajstić information content (AvgIpc) is 3.34. The van der Waals surface area contributed by atoms with Gasteiger partial charge in [0.1, 0.15) is 29.7 Å². The first-order chi connectivity index (χ1) is 33.5. The second-order valence-electron chi connectivity index (χ2n) is 21.7. The molecule has 0 unspecified atom stereocenters. The molecule has 2 atom stereocenters. The van der Waals surface area contributed by atoms with Crippen LogP contribution in [-0.4, -0.2) is 28.8 Å². The molecule has 9 heteroatoms. The molecule has 0 amide bonds. The Labute approximate surface area is 436 Å². The van der Waals surface area contributed by atoms with Crippen molar-refractivity contribution in [1.29, 1.82) is 0 Å². The van der Waals surface area contributed by atoms with E-state index in [9.17, 15) is 28.6 Å². The molecule has 0 saturated heterocycles. The van der Waals surface area contributed by atoms with Crippen molar-refractivity contribution in [3.05, 3.63) is 201 Å². The number of hydrogen-bond acceptors (Lipinski definition) is 5. The number of hydrogen-bond donors (Lipinski definition) is 2. The Kier molecular flexibility index (Phi) is 19.3. The van der Waals surface area contributed by atoms with Crippen LogP contribution in [0.5, 0.6) is 11.5 Å². The lowest BCUT2D eigenvalue weighted by Gasteiger charge is -2.42. The van der Waals surface area contributed by atoms with Crippen LogP contribution < -0.4 is 4.74 Å². The Morgan fingerprint density at radius 3 is 1.35 bits per heavy atom. The van der Waals surface area contributed by atoms with E-state index in [0.717, 1.165) is 38.9 Å². The van der Waals surface area contributed by atoms with Crippen LogP contribution in [0.3, 0.4) is 0 Å². The number of phenolic OH excluding ortho intramolecular Hbond substituents is 1. The van der Waals surface area contributed by atoms with Crippen LogP contribution in [0.2, 0.25) is 0 Å². The molecule has 2 N–H and O–H groups in total. The normalized spacial score (nSPS) is 16.3. The number of phenols is 1. The molecule has 0 aromatic heterocycles. The van der Waals surface area contributed by atoms with Gasteiger partial charge in [-0.15, -0.1) is 0 Å². The number of carboxylic acids is 1. The first kappa shape index (κ1) is 57.1. The third-order valence-electron chi connectivity index (χ3n) is 14.6. The first-order valence-electron chi connectivity index (χ1n) is 24.8. The van der Waals surface area contributed by atoms with Crippen molar-refractivity contribution < 1.29 is 38.1 Å². The van der Waals surface area contributed by atoms with Crippen molar-refractivity contribution in [3.8, 4) is 11.5 Å². The van der Waals surface area contributed by atoms with Gasteiger partial charge < -0.3 is 19.7 Å². The fourth-order valence-corrected chi connectivity index (χ4v) is 10.3. The van der Waals surface area contributed by atoms with Crippen molar-refractivity contribution in [1.82, 2.24) is 0 Å². The number of rotatable bonds is 13. The van der Waals surface area contributed by atoms with Crippen LogP contribution >= 0.6 is 15.9 Å². The highest BCUT2D eigenvalue weighted by Crippen LogP contribution is 2.47. The number of aliphatic carboxylic acids is 1. The topological polar surface area (TPSA) is 93.1 Å². The second-order valence-corrected chi connectivity index (χ2v) is 22.3. The fraction of sp³-hybridized carbons (Fsp3) is 0.397. The Morgan fingerprint density at radius 1 is 0.556 bits per heavy atom. The molecule has 2 aliphatic carbocycles. The van der Waals surface area contributed by atoms with Gasteiger partial charge in [0, 0.05) is 17.2 Å². The lowest BCUT2D eigenvalue weighted by Crippen LogP contribution is -2.33. The van der Waals surface area contributed by atoms with Crippen LogP contribution in [0.4, 0.5) is 8.78 Å². The number of halogens is 3. The van der Waals surface area contributed by atoms with E-state index in [1.165, 1.54) is 66.6 Å². The number of alkyl halides is 1. The standard InChI is InChI=1S/C30H33FO3.C17H17FO3.C15H21Br.CH4/c1-29(2)15-16-30(3,4)27-17-20(5-14-26(27)29)19-34-24-12-8-22(9-13-24)25(18-28(32)33)21-6-10-23(31)11-7-21;1-2-21-17(20)11-16(12-3-7-14(18)8-4-12)13-5-9-15(19)10-6-13;1-14(2)7-8-15(3,4)13-9-11(10-16)5-6-12(13)14;/h5-14,17,25H,15-16,18-19H2,1-4H3,(H,32,33);3-10,16,19H,2,11H2,1H3;5-6,9H,7-8,10H2,1-4H3;1H4/t25-;16-;;/m11../s1. The maximum Gasteiger partial charge on any atom is 0.306 e. The molecule has 384 valence electrons. The minimum absolute atomic E-state index is 0. The van der Waals surface area contributed by atoms with E-state index < -0.39 is 5.97 Å². The molecule has 8 rings (SSSR count). The Balaban J connectivity index is 0.000000216. The lowest BCUT2D eigenvalue weighted by molar-refractivity contribution is -0.143. The monoisotopic (exact) mass is 1040 g/mol. The summed E-state index contributed by atoms with van der Waals surface area (Å²) in [6, 6.07) is 40.0. The summed E-state index contributed by atoms with van der Waals surface area (Å²) in [6.07, 6.45) is 5.05. The summed E-state index contributed by atoms with van der Waals surface area (Å²) in [7, 11) is 0. The van der Waals surface area contributed by atoms with E-state index in [4.69, 9.17) is 9.47 Å². The number of carbonyl (C=O) groups is 2. The zero-order chi connectivity index (χ0) is 51.7. The molecule has 72 heavy (non-hydrogen) atoms. The molecular weight excluding hydrogens is 971 g/mol. The van der Waals surface area contributed by atoms with E-state index in [0.29, 0.717) is 24.0 Å². The SMILES string of the molecule is C.CC1(C)CCC(C)(C)c2cc(CBr)ccc21.CC1(C)CCC(C)(C)c2cc(COc3ccc([C@H](CC(=O)O)c4ccc(F)cc4)cc3)ccc21.CCOC(=O)C[C@@H](c1ccc(O)cc1)c1ccc(F)cc1. The highest BCUT2D eigenvalue weighted by Gasteiger charge is 2.38. The average molecular weight is 1050 g/mol. The molecule has 0 spiro atoms. The highest BCUT2D eigenvalue weighted by molar-refractivity contribution is 9.08. The van der Waals surface area contributed by atoms with Gasteiger partial charge in [-0.25, -0.2) is 8.78 Å². The molecule has 0 fully saturated rings. The predicted octanol–water partition coefficient (Wildman–Crippen LogP) is 16.5. The molecule has 6 aromatic rings. The quantitative estimate of drug-likeness (QED) is 0.0884. The van der Waals surface area contributed by atoms with Gasteiger partial charge in [0.05, 0.1) is 19.4 Å². The Morgan fingerprint density at radius 2 is 0.931 bits per heavy atom. The Bertz CT molecular complexity index is 2680. The smallest absolute Gasteiger partial charge is 0.306 e. The van der Waals surface area contributed by atoms with E-state index >= 15 is 0 Å². The minimum Gasteiger partial charge on any atom is -0.508 e. The maximum absolute atomic E-state index is 13.3. The van der Waals surface area contributed by atoms with Crippen LogP contribution in [0.25, 0.3) is 0 Å². The number of fused-ring (bicyclic) bond motifs is 2. The molecular formula is C63H75BrF2O6. The second kappa shape index (κ2) is 24.3. The number of carboxylic acid groups (broad SMARTS) is 1. The van der Waals surface area contributed by atoms with Crippen LogP contribution in [0, 0.1) is 11.6 Å². The summed E-state index contributed by atoms with van der Waals surface area (Å²) in [5.74, 6) is -1.55. The molecule has 0 saturated carbocycles. The van der Waals surface area contributed by atoms with Gasteiger partial charge in [-0.3, -0.25) is 9.59 Å². The molecule has 2 aliphatic rings. The van der Waals surface area contributed by atoms with Gasteiger partial charge in [-0.05, 0) is 158 Å². The third-order valence-corrected chi connectivity index (χ3v) is 15.2. The molecule has 0 aliphatic heterocycles. The van der Waals surface area contributed by atoms with Crippen molar-refractivity contribution in [3.63, 3.8) is 0 Å². The van der Waals surface area contributed by atoms with E-state index in [1.807, 2.05) is 24.3 Å². The minimum atomic E-state index is -0.895. The Hall–Kier alpha value is -5.80. The van der Waals surface area contributed by atoms with Gasteiger partial charge in [-0.1, -0.05) is 164 Å². The molecule has 0 heterocycles. The van der Waals surface area contributed by atoms with Crippen molar-refractivity contribution in [2.24, 2.45) is 0 Å². The first-order valence-corrected chi connectivity index (χ1v) is 25.9. The number of benzene rings is 6. The highest BCUT2D eigenvalue weighted by atomic mass is 79.9. The summed E-state index contributed by atoms with van der Waals surface area (Å²) in [5, 5.41) is 19.7. The summed E-state index contributed by atoms with van der Waals surface area (Å²) >= 11 is 3.55. The van der Waals surface area contributed by atoms with Gasteiger partial charge in [0.15, 0.2) is 0 Å². The van der Waals surface area contributed by atoms with Gasteiger partial charge in [0.2, 0.25) is 0 Å². The zero-order valence-electron chi connectivity index (χ0n) is 42.9. The largest absolute Gasteiger partial charge is 0.508 e. The van der Waals surface area contributed by atoms with Gasteiger partial charge >= 0.3 is 11.9 Å². The zero-order valence-corrected chi connectivity index (χ0v) is 44.5. The van der Waals surface area contributed by atoms with Gasteiger partial charge in [0.25, 0.3) is 0 Å². The third kappa shape index (κ3) is 14.7. The van der Waals surface area contributed by atoms with E-state index in [2.05, 4.69) is 108 Å². The molecule has 6 nitrogen and oxygen atoms in total. The van der Waals surface area contributed by atoms with Crippen molar-refractivity contribution >= 4 is 27.9 Å². The van der Waals surface area contributed by atoms with E-state index in [1.54, 1.807) is 66.6 Å². The summed E-state index contributed by atoms with van der Waals surface area (Å²) in [5.41, 5.74) is 12.8. The summed E-state index contributed by atoms with van der Waals surface area (Å²) < 4.78 is 37.5. The lowest BCUT2D eigenvalue weighted by atomic mass is 9.63. The number of aromatic hydroxyl groups is 1. The van der Waals surface area contributed by atoms with E-state index in [-0.39, 0.29) is 66.3 Å². The molecule has 0 radical (unpaired) electrons. The summed E-state index contributed by atoms with van der Waals surface area (Å²) in [4.78, 5) is 23.2. The fourth-order valence-electron chi connectivity index (χ4n) is 9.92. The molecule has 6 aromatic carbocycles. The maximum atomic E-state index is 13.3.